The van der Waals surface area contributed by atoms with Crippen molar-refractivity contribution in [2.45, 2.75) is 0 Å². The molecule has 0 aliphatic carbocycles. The zero-order chi connectivity index (χ0) is 9.94. The monoisotopic (exact) mass is 197 g/mol. The van der Waals surface area contributed by atoms with Gasteiger partial charge in [-0.1, -0.05) is 0 Å². The highest BCUT2D eigenvalue weighted by Gasteiger charge is 2.17. The third kappa shape index (κ3) is 3.49. The molecule has 0 fully saturated rings. The van der Waals surface area contributed by atoms with Crippen molar-refractivity contribution in [1.29, 1.82) is 0 Å². The number of nitro groups is 1. The van der Waals surface area contributed by atoms with Gasteiger partial charge in [-0.3, -0.25) is 0 Å². The van der Waals surface area contributed by atoms with Crippen LogP contribution in [-0.2, 0) is 10.0 Å². The number of hydrogen-bond acceptors (Lipinski definition) is 4. The van der Waals surface area contributed by atoms with Gasteiger partial charge in [0.15, 0.2) is 5.03 Å². The van der Waals surface area contributed by atoms with Gasteiger partial charge in [0.2, 0.25) is 10.0 Å². The van der Waals surface area contributed by atoms with E-state index in [1.54, 1.807) is 0 Å². The fourth-order valence-electron chi connectivity index (χ4n) is 0.445. The zero-order valence-corrected chi connectivity index (χ0v) is 7.91. The van der Waals surface area contributed by atoms with Gasteiger partial charge in [-0.05, 0) is 0 Å². The quantitative estimate of drug-likeness (QED) is 0.326. The molecule has 0 heterocycles. The van der Waals surface area contributed by atoms with Crippen LogP contribution in [0.15, 0.2) is 0 Å². The number of hydrogen-bond donors (Lipinski definition) is 0. The van der Waals surface area contributed by atoms with Crippen LogP contribution >= 0.6 is 0 Å². The summed E-state index contributed by atoms with van der Waals surface area (Å²) in [7, 11) is -0.875. The molecule has 0 saturated heterocycles. The molecule has 0 unspecified atom stereocenters. The first-order valence-electron chi connectivity index (χ1n) is 3.02. The van der Waals surface area contributed by atoms with Crippen LogP contribution < -0.4 is 0 Å². The SMILES string of the molecule is CN(CN(C)S(C)(=O)=O)[N+](=O)[O-]. The summed E-state index contributed by atoms with van der Waals surface area (Å²) in [5.41, 5.74) is 0. The number of hydrazine groups is 1. The summed E-state index contributed by atoms with van der Waals surface area (Å²) in [6.07, 6.45) is 0.987. The van der Waals surface area contributed by atoms with Crippen LogP contribution in [0.4, 0.5) is 0 Å². The third-order valence-electron chi connectivity index (χ3n) is 1.25. The zero-order valence-electron chi connectivity index (χ0n) is 7.09. The lowest BCUT2D eigenvalue weighted by molar-refractivity contribution is -0.651. The van der Waals surface area contributed by atoms with Crippen LogP contribution in [0.3, 0.4) is 0 Å². The summed E-state index contributed by atoms with van der Waals surface area (Å²) in [4.78, 5) is 10.1. The average Bonchev–Trinajstić information content (AvgIpc) is 1.85. The molecule has 0 rings (SSSR count). The molecule has 0 aromatic rings. The molecular weight excluding hydrogens is 186 g/mol. The lowest BCUT2D eigenvalue weighted by Crippen LogP contribution is -2.39. The molecule has 7 nitrogen and oxygen atoms in total. The Morgan fingerprint density at radius 3 is 2.08 bits per heavy atom. The minimum atomic E-state index is -3.34. The molecule has 0 N–H and O–H groups in total. The van der Waals surface area contributed by atoms with Gasteiger partial charge < -0.3 is 0 Å². The van der Waals surface area contributed by atoms with Gasteiger partial charge in [0.1, 0.15) is 6.67 Å². The smallest absolute Gasteiger partial charge is 0.212 e. The van der Waals surface area contributed by atoms with Crippen LogP contribution in [0.25, 0.3) is 0 Å². The summed E-state index contributed by atoms with van der Waals surface area (Å²) in [5.74, 6) is 0. The van der Waals surface area contributed by atoms with E-state index in [1.165, 1.54) is 14.1 Å². The number of rotatable bonds is 4. The van der Waals surface area contributed by atoms with Crippen molar-refractivity contribution in [2.75, 3.05) is 27.0 Å². The molecule has 0 bridgehead atoms. The molecule has 12 heavy (non-hydrogen) atoms. The van der Waals surface area contributed by atoms with Crippen LogP contribution in [0, 0.1) is 10.1 Å². The Balaban J connectivity index is 4.20. The van der Waals surface area contributed by atoms with Gasteiger partial charge in [-0.2, -0.15) is 4.31 Å². The second-order valence-corrected chi connectivity index (χ2v) is 4.49. The van der Waals surface area contributed by atoms with Crippen molar-refractivity contribution in [3.63, 3.8) is 0 Å². The lowest BCUT2D eigenvalue weighted by atomic mass is 11.0. The van der Waals surface area contributed by atoms with Crippen molar-refractivity contribution in [3.05, 3.63) is 10.1 Å². The van der Waals surface area contributed by atoms with E-state index >= 15 is 0 Å². The Hall–Kier alpha value is -0.890. The fourth-order valence-corrected chi connectivity index (χ4v) is 0.822. The standard InChI is InChI=1S/C4H11N3O4S/c1-5(7(8)9)4-6(2)12(3,10)11/h4H2,1-3H3. The molecular formula is C4H11N3O4S. The molecule has 0 radical (unpaired) electrons. The van der Waals surface area contributed by atoms with Gasteiger partial charge >= 0.3 is 0 Å². The summed E-state index contributed by atoms with van der Waals surface area (Å²) in [6.45, 7) is -0.258. The first kappa shape index (κ1) is 11.1. The van der Waals surface area contributed by atoms with Crippen LogP contribution in [0.1, 0.15) is 0 Å². The van der Waals surface area contributed by atoms with E-state index in [4.69, 9.17) is 0 Å². The highest BCUT2D eigenvalue weighted by atomic mass is 32.2. The van der Waals surface area contributed by atoms with Gasteiger partial charge in [0.05, 0.1) is 13.3 Å². The minimum absolute atomic E-state index is 0.258. The number of sulfonamides is 1. The van der Waals surface area contributed by atoms with Crippen molar-refractivity contribution < 1.29 is 13.5 Å². The molecule has 0 aliphatic heterocycles. The maximum atomic E-state index is 10.8. The average molecular weight is 197 g/mol. The van der Waals surface area contributed by atoms with Crippen LogP contribution in [0.5, 0.6) is 0 Å². The first-order chi connectivity index (χ1) is 5.25. The Morgan fingerprint density at radius 1 is 1.42 bits per heavy atom. The summed E-state index contributed by atoms with van der Waals surface area (Å²) >= 11 is 0. The second kappa shape index (κ2) is 3.68. The predicted octanol–water partition coefficient (Wildman–Crippen LogP) is -1.04. The number of nitrogens with zero attached hydrogens (tertiary/aromatic N) is 3. The molecule has 0 atom stereocenters. The maximum absolute atomic E-state index is 10.8. The van der Waals surface area contributed by atoms with Crippen molar-refractivity contribution in [2.24, 2.45) is 0 Å². The van der Waals surface area contributed by atoms with Gasteiger partial charge in [-0.25, -0.2) is 18.5 Å². The van der Waals surface area contributed by atoms with Gasteiger partial charge in [-0.15, -0.1) is 5.01 Å². The molecule has 0 amide bonds. The predicted molar refractivity (Wildman–Crippen MR) is 42.2 cm³/mol. The van der Waals surface area contributed by atoms with E-state index < -0.39 is 15.1 Å². The largest absolute Gasteiger partial charge is 0.235 e. The van der Waals surface area contributed by atoms with E-state index in [-0.39, 0.29) is 6.67 Å². The molecule has 0 aliphatic rings. The fraction of sp³-hybridized carbons (Fsp3) is 1.00. The van der Waals surface area contributed by atoms with Crippen LogP contribution in [-0.4, -0.2) is 49.8 Å². The summed E-state index contributed by atoms with van der Waals surface area (Å²) < 4.78 is 22.4. The summed E-state index contributed by atoms with van der Waals surface area (Å²) in [5, 5.41) is 10.1. The Morgan fingerprint density at radius 2 is 1.83 bits per heavy atom. The van der Waals surface area contributed by atoms with E-state index in [9.17, 15) is 18.5 Å². The van der Waals surface area contributed by atoms with E-state index in [0.29, 0.717) is 5.01 Å². The maximum Gasteiger partial charge on any atom is 0.212 e. The van der Waals surface area contributed by atoms with Crippen LogP contribution in [0.2, 0.25) is 0 Å². The highest BCUT2D eigenvalue weighted by molar-refractivity contribution is 7.88. The highest BCUT2D eigenvalue weighted by Crippen LogP contribution is 1.94. The van der Waals surface area contributed by atoms with Crippen molar-refractivity contribution in [1.82, 2.24) is 9.31 Å². The van der Waals surface area contributed by atoms with E-state index in [0.717, 1.165) is 10.6 Å². The molecule has 0 aromatic carbocycles. The molecule has 0 spiro atoms. The topological polar surface area (TPSA) is 83.8 Å². The normalized spacial score (nSPS) is 11.7. The lowest BCUT2D eigenvalue weighted by Gasteiger charge is -2.16. The second-order valence-electron chi connectivity index (χ2n) is 2.40. The third-order valence-corrected chi connectivity index (χ3v) is 2.50. The first-order valence-corrected chi connectivity index (χ1v) is 4.86. The van der Waals surface area contributed by atoms with E-state index in [1.807, 2.05) is 0 Å². The Kier molecular flexibility index (Phi) is 3.40. The molecule has 0 saturated carbocycles. The van der Waals surface area contributed by atoms with Gasteiger partial charge in [0, 0.05) is 7.05 Å². The molecule has 8 heteroatoms. The summed E-state index contributed by atoms with van der Waals surface area (Å²) in [6, 6.07) is 0. The Bertz CT molecular complexity index is 261. The van der Waals surface area contributed by atoms with E-state index in [2.05, 4.69) is 0 Å². The molecule has 72 valence electrons. The van der Waals surface area contributed by atoms with Crippen molar-refractivity contribution in [3.8, 4) is 0 Å². The van der Waals surface area contributed by atoms with Gasteiger partial charge in [0.25, 0.3) is 0 Å². The Labute approximate surface area is 70.7 Å². The van der Waals surface area contributed by atoms with Crippen molar-refractivity contribution >= 4 is 10.0 Å². The minimum Gasteiger partial charge on any atom is -0.235 e. The molecule has 0 aromatic heterocycles.